The van der Waals surface area contributed by atoms with Crippen molar-refractivity contribution in [2.75, 3.05) is 11.1 Å². The van der Waals surface area contributed by atoms with Crippen LogP contribution in [0.5, 0.6) is 0 Å². The molecule has 3 aromatic rings. The van der Waals surface area contributed by atoms with Crippen molar-refractivity contribution < 1.29 is 4.79 Å². The molecule has 0 bridgehead atoms. The van der Waals surface area contributed by atoms with Crippen LogP contribution in [0.15, 0.2) is 48.0 Å². The Hall–Kier alpha value is -2.73. The number of nitrogens with two attached hydrogens (primary N) is 1. The van der Waals surface area contributed by atoms with Gasteiger partial charge in [-0.3, -0.25) is 4.79 Å². The highest BCUT2D eigenvalue weighted by atomic mass is 32.1. The molecule has 0 saturated heterocycles. The van der Waals surface area contributed by atoms with Gasteiger partial charge in [0, 0.05) is 22.8 Å². The van der Waals surface area contributed by atoms with Gasteiger partial charge in [-0.05, 0) is 30.7 Å². The Morgan fingerprint density at radius 1 is 1.30 bits per heavy atom. The standard InChI is InChI=1S/C17H16N4OS/c1-11-5-6-15(19-9-11)21-16(22)8-14-10-23-17(20-14)12-3-2-4-13(18)7-12/h2-7,9-10H,8,18H2,1H3,(H,19,21,22). The number of aromatic nitrogens is 2. The van der Waals surface area contributed by atoms with E-state index in [0.29, 0.717) is 11.5 Å². The molecular formula is C17H16N4OS. The van der Waals surface area contributed by atoms with Crippen LogP contribution >= 0.6 is 11.3 Å². The van der Waals surface area contributed by atoms with E-state index in [4.69, 9.17) is 5.73 Å². The van der Waals surface area contributed by atoms with Crippen LogP contribution in [-0.4, -0.2) is 15.9 Å². The first-order valence-electron chi connectivity index (χ1n) is 7.13. The van der Waals surface area contributed by atoms with Gasteiger partial charge in [0.2, 0.25) is 5.91 Å². The number of carbonyl (C=O) groups is 1. The SMILES string of the molecule is Cc1ccc(NC(=O)Cc2csc(-c3cccc(N)c3)n2)nc1. The summed E-state index contributed by atoms with van der Waals surface area (Å²) in [6.07, 6.45) is 1.94. The van der Waals surface area contributed by atoms with Crippen molar-refractivity contribution in [3.05, 3.63) is 59.2 Å². The highest BCUT2D eigenvalue weighted by Crippen LogP contribution is 2.25. The molecule has 0 aliphatic heterocycles. The second-order valence-corrected chi connectivity index (χ2v) is 6.07. The zero-order valence-corrected chi connectivity index (χ0v) is 13.4. The molecule has 0 aliphatic rings. The van der Waals surface area contributed by atoms with Crippen molar-refractivity contribution in [3.63, 3.8) is 0 Å². The fraction of sp³-hybridized carbons (Fsp3) is 0.118. The van der Waals surface area contributed by atoms with Crippen LogP contribution < -0.4 is 11.1 Å². The minimum atomic E-state index is -0.134. The molecule has 3 rings (SSSR count). The number of hydrogen-bond donors (Lipinski definition) is 2. The van der Waals surface area contributed by atoms with E-state index in [9.17, 15) is 4.79 Å². The number of thiazole rings is 1. The molecule has 1 amide bonds. The Morgan fingerprint density at radius 2 is 2.17 bits per heavy atom. The number of carbonyl (C=O) groups excluding carboxylic acids is 1. The van der Waals surface area contributed by atoms with Crippen LogP contribution in [0.1, 0.15) is 11.3 Å². The average Bonchev–Trinajstić information content (AvgIpc) is 2.98. The Labute approximate surface area is 138 Å². The number of rotatable bonds is 4. The lowest BCUT2D eigenvalue weighted by Gasteiger charge is -2.03. The van der Waals surface area contributed by atoms with Crippen LogP contribution in [0.2, 0.25) is 0 Å². The van der Waals surface area contributed by atoms with Crippen LogP contribution in [0.3, 0.4) is 0 Å². The number of hydrogen-bond acceptors (Lipinski definition) is 5. The Balaban J connectivity index is 1.66. The monoisotopic (exact) mass is 324 g/mol. The molecule has 3 N–H and O–H groups in total. The molecule has 0 spiro atoms. The van der Waals surface area contributed by atoms with Crippen LogP contribution in [0, 0.1) is 6.92 Å². The van der Waals surface area contributed by atoms with E-state index in [1.54, 1.807) is 12.3 Å². The third-order valence-electron chi connectivity index (χ3n) is 3.21. The van der Waals surface area contributed by atoms with Gasteiger partial charge in [0.15, 0.2) is 0 Å². The lowest BCUT2D eigenvalue weighted by molar-refractivity contribution is -0.115. The van der Waals surface area contributed by atoms with Crippen molar-refractivity contribution in [3.8, 4) is 10.6 Å². The quantitative estimate of drug-likeness (QED) is 0.722. The number of aryl methyl sites for hydroxylation is 1. The van der Waals surface area contributed by atoms with Gasteiger partial charge in [-0.2, -0.15) is 0 Å². The maximum atomic E-state index is 12.1. The molecule has 6 heteroatoms. The molecule has 0 radical (unpaired) electrons. The van der Waals surface area contributed by atoms with Gasteiger partial charge in [0.1, 0.15) is 10.8 Å². The number of benzene rings is 1. The summed E-state index contributed by atoms with van der Waals surface area (Å²) in [5.41, 5.74) is 9.23. The highest BCUT2D eigenvalue weighted by molar-refractivity contribution is 7.13. The van der Waals surface area contributed by atoms with Gasteiger partial charge >= 0.3 is 0 Å². The summed E-state index contributed by atoms with van der Waals surface area (Å²) in [5.74, 6) is 0.415. The minimum Gasteiger partial charge on any atom is -0.399 e. The maximum absolute atomic E-state index is 12.1. The topological polar surface area (TPSA) is 80.9 Å². The Kier molecular flexibility index (Phi) is 4.34. The third kappa shape index (κ3) is 3.92. The molecule has 0 aliphatic carbocycles. The van der Waals surface area contributed by atoms with Crippen molar-refractivity contribution in [1.82, 2.24) is 9.97 Å². The average molecular weight is 324 g/mol. The van der Waals surface area contributed by atoms with Gasteiger partial charge in [0.05, 0.1) is 12.1 Å². The molecule has 2 heterocycles. The molecule has 2 aromatic heterocycles. The fourth-order valence-electron chi connectivity index (χ4n) is 2.09. The van der Waals surface area contributed by atoms with Gasteiger partial charge in [0.25, 0.3) is 0 Å². The predicted molar refractivity (Wildman–Crippen MR) is 93.3 cm³/mol. The van der Waals surface area contributed by atoms with Gasteiger partial charge in [-0.15, -0.1) is 11.3 Å². The largest absolute Gasteiger partial charge is 0.399 e. The number of amides is 1. The minimum absolute atomic E-state index is 0.134. The highest BCUT2D eigenvalue weighted by Gasteiger charge is 2.10. The molecule has 116 valence electrons. The molecule has 23 heavy (non-hydrogen) atoms. The number of nitrogens with zero attached hydrogens (tertiary/aromatic N) is 2. The van der Waals surface area contributed by atoms with E-state index < -0.39 is 0 Å². The lowest BCUT2D eigenvalue weighted by Crippen LogP contribution is -2.15. The number of nitrogens with one attached hydrogen (secondary N) is 1. The third-order valence-corrected chi connectivity index (χ3v) is 4.15. The molecule has 0 saturated carbocycles. The normalized spacial score (nSPS) is 10.5. The molecule has 5 nitrogen and oxygen atoms in total. The van der Waals surface area contributed by atoms with E-state index in [2.05, 4.69) is 15.3 Å². The van der Waals surface area contributed by atoms with E-state index >= 15 is 0 Å². The fourth-order valence-corrected chi connectivity index (χ4v) is 2.90. The maximum Gasteiger partial charge on any atom is 0.231 e. The van der Waals surface area contributed by atoms with E-state index in [1.165, 1.54) is 11.3 Å². The number of nitrogen functional groups attached to an aromatic ring is 1. The predicted octanol–water partition coefficient (Wildman–Crippen LogP) is 3.28. The van der Waals surface area contributed by atoms with Gasteiger partial charge in [-0.1, -0.05) is 18.2 Å². The summed E-state index contributed by atoms with van der Waals surface area (Å²) in [5, 5.41) is 5.52. The first kappa shape index (κ1) is 15.2. The van der Waals surface area contributed by atoms with Crippen molar-refractivity contribution in [1.29, 1.82) is 0 Å². The smallest absolute Gasteiger partial charge is 0.231 e. The molecule has 0 unspecified atom stereocenters. The first-order chi connectivity index (χ1) is 11.1. The first-order valence-corrected chi connectivity index (χ1v) is 8.01. The second kappa shape index (κ2) is 6.58. The van der Waals surface area contributed by atoms with Crippen molar-refractivity contribution in [2.45, 2.75) is 13.3 Å². The van der Waals surface area contributed by atoms with Crippen LogP contribution in [-0.2, 0) is 11.2 Å². The summed E-state index contributed by atoms with van der Waals surface area (Å²) in [7, 11) is 0. The second-order valence-electron chi connectivity index (χ2n) is 5.22. The summed E-state index contributed by atoms with van der Waals surface area (Å²) in [4.78, 5) is 20.7. The van der Waals surface area contributed by atoms with E-state index in [-0.39, 0.29) is 12.3 Å². The number of pyridine rings is 1. The van der Waals surface area contributed by atoms with E-state index in [0.717, 1.165) is 21.8 Å². The molecule has 1 aromatic carbocycles. The van der Waals surface area contributed by atoms with E-state index in [1.807, 2.05) is 42.6 Å². The lowest BCUT2D eigenvalue weighted by atomic mass is 10.2. The molecule has 0 atom stereocenters. The summed E-state index contributed by atoms with van der Waals surface area (Å²) in [6.45, 7) is 1.95. The summed E-state index contributed by atoms with van der Waals surface area (Å²) < 4.78 is 0. The zero-order chi connectivity index (χ0) is 16.2. The zero-order valence-electron chi connectivity index (χ0n) is 12.6. The van der Waals surface area contributed by atoms with Crippen molar-refractivity contribution >= 4 is 28.7 Å². The van der Waals surface area contributed by atoms with Crippen LogP contribution in [0.25, 0.3) is 10.6 Å². The van der Waals surface area contributed by atoms with Crippen LogP contribution in [0.4, 0.5) is 11.5 Å². The van der Waals surface area contributed by atoms with Gasteiger partial charge < -0.3 is 11.1 Å². The summed E-state index contributed by atoms with van der Waals surface area (Å²) in [6, 6.07) is 11.2. The Morgan fingerprint density at radius 3 is 2.91 bits per heavy atom. The van der Waals surface area contributed by atoms with Gasteiger partial charge in [-0.25, -0.2) is 9.97 Å². The molecule has 0 fully saturated rings. The number of anilines is 2. The molecular weight excluding hydrogens is 308 g/mol. The van der Waals surface area contributed by atoms with Crippen molar-refractivity contribution in [2.24, 2.45) is 0 Å². The Bertz CT molecular complexity index is 827. The summed E-state index contributed by atoms with van der Waals surface area (Å²) >= 11 is 1.50.